The highest BCUT2D eigenvalue weighted by Crippen LogP contribution is 2.47. The van der Waals surface area contributed by atoms with E-state index in [9.17, 15) is 4.79 Å². The molecular weight excluding hydrogens is 354 g/mol. The van der Waals surface area contributed by atoms with Gasteiger partial charge in [-0.1, -0.05) is 24.3 Å². The Balaban J connectivity index is 1.37. The maximum absolute atomic E-state index is 12.6. The lowest BCUT2D eigenvalue weighted by atomic mass is 9.96. The molecule has 0 atom stereocenters. The summed E-state index contributed by atoms with van der Waals surface area (Å²) in [6, 6.07) is 15.9. The van der Waals surface area contributed by atoms with Gasteiger partial charge in [-0.05, 0) is 42.7 Å². The van der Waals surface area contributed by atoms with Crippen molar-refractivity contribution >= 4 is 17.4 Å². The van der Waals surface area contributed by atoms with Crippen molar-refractivity contribution in [3.8, 4) is 5.75 Å². The number of anilines is 2. The Bertz CT molecular complexity index is 812. The molecule has 1 heterocycles. The number of nitrogens with one attached hydrogen (secondary N) is 2. The van der Waals surface area contributed by atoms with Crippen LogP contribution in [0.2, 0.25) is 0 Å². The monoisotopic (exact) mass is 381 g/mol. The molecule has 2 aromatic carbocycles. The van der Waals surface area contributed by atoms with Crippen molar-refractivity contribution in [2.45, 2.75) is 18.3 Å². The van der Waals surface area contributed by atoms with E-state index in [1.165, 1.54) is 5.56 Å². The lowest BCUT2D eigenvalue weighted by molar-refractivity contribution is 0.123. The summed E-state index contributed by atoms with van der Waals surface area (Å²) < 4.78 is 10.7. The summed E-state index contributed by atoms with van der Waals surface area (Å²) in [5, 5.41) is 6.09. The van der Waals surface area contributed by atoms with Crippen LogP contribution < -0.4 is 20.3 Å². The smallest absolute Gasteiger partial charge is 0.319 e. The van der Waals surface area contributed by atoms with Gasteiger partial charge in [0.1, 0.15) is 5.75 Å². The van der Waals surface area contributed by atoms with Gasteiger partial charge in [-0.2, -0.15) is 0 Å². The summed E-state index contributed by atoms with van der Waals surface area (Å²) in [6.07, 6.45) is 2.17. The average Bonchev–Trinajstić information content (AvgIpc) is 3.55. The van der Waals surface area contributed by atoms with Gasteiger partial charge in [-0.15, -0.1) is 0 Å². The molecule has 2 N–H and O–H groups in total. The van der Waals surface area contributed by atoms with Gasteiger partial charge >= 0.3 is 6.03 Å². The van der Waals surface area contributed by atoms with E-state index in [4.69, 9.17) is 9.47 Å². The predicted molar refractivity (Wildman–Crippen MR) is 110 cm³/mol. The van der Waals surface area contributed by atoms with Gasteiger partial charge in [0.2, 0.25) is 0 Å². The van der Waals surface area contributed by atoms with Crippen molar-refractivity contribution in [1.29, 1.82) is 0 Å². The minimum Gasteiger partial charge on any atom is -0.497 e. The fraction of sp³-hybridized carbons (Fsp3) is 0.409. The van der Waals surface area contributed by atoms with E-state index >= 15 is 0 Å². The number of amides is 2. The number of morpholine rings is 1. The number of hydrogen-bond acceptors (Lipinski definition) is 4. The molecule has 0 bridgehead atoms. The molecule has 0 unspecified atom stereocenters. The minimum absolute atomic E-state index is 0.0489. The number of urea groups is 1. The summed E-state index contributed by atoms with van der Waals surface area (Å²) in [4.78, 5) is 14.8. The highest BCUT2D eigenvalue weighted by Gasteiger charge is 2.44. The van der Waals surface area contributed by atoms with Crippen molar-refractivity contribution < 1.29 is 14.3 Å². The standard InChI is InChI=1S/C22H27N3O3/c1-27-18-8-6-17(7-9-18)22(10-11-22)16-23-21(26)24-19-4-2-3-5-20(19)25-12-14-28-15-13-25/h2-9H,10-16H2,1H3,(H2,23,24,26). The van der Waals surface area contributed by atoms with Crippen LogP contribution in [0.3, 0.4) is 0 Å². The van der Waals surface area contributed by atoms with E-state index in [-0.39, 0.29) is 11.4 Å². The van der Waals surface area contributed by atoms with Crippen molar-refractivity contribution in [2.75, 3.05) is 50.2 Å². The number of hydrogen-bond donors (Lipinski definition) is 2. The number of methoxy groups -OCH3 is 1. The largest absolute Gasteiger partial charge is 0.497 e. The molecule has 2 aliphatic rings. The first-order chi connectivity index (χ1) is 13.7. The fourth-order valence-corrected chi connectivity index (χ4v) is 3.74. The summed E-state index contributed by atoms with van der Waals surface area (Å²) in [7, 11) is 1.67. The first-order valence-electron chi connectivity index (χ1n) is 9.81. The maximum atomic E-state index is 12.6. The lowest BCUT2D eigenvalue weighted by Crippen LogP contribution is -2.38. The lowest BCUT2D eigenvalue weighted by Gasteiger charge is -2.30. The Kier molecular flexibility index (Phi) is 5.39. The molecule has 1 aliphatic carbocycles. The number of ether oxygens (including phenoxy) is 2. The minimum atomic E-state index is -0.166. The van der Waals surface area contributed by atoms with Crippen molar-refractivity contribution in [3.63, 3.8) is 0 Å². The number of carbonyl (C=O) groups excluding carboxylic acids is 1. The van der Waals surface area contributed by atoms with Gasteiger partial charge < -0.3 is 25.0 Å². The average molecular weight is 381 g/mol. The normalized spacial score (nSPS) is 17.7. The van der Waals surface area contributed by atoms with Crippen LogP contribution in [0.15, 0.2) is 48.5 Å². The van der Waals surface area contributed by atoms with Crippen molar-refractivity contribution in [2.24, 2.45) is 0 Å². The zero-order valence-corrected chi connectivity index (χ0v) is 16.2. The molecule has 6 heteroatoms. The summed E-state index contributed by atoms with van der Waals surface area (Å²) in [5.41, 5.74) is 3.17. The van der Waals surface area contributed by atoms with E-state index < -0.39 is 0 Å². The molecule has 2 aromatic rings. The number of benzene rings is 2. The quantitative estimate of drug-likeness (QED) is 0.805. The Morgan fingerprint density at radius 1 is 1.11 bits per heavy atom. The van der Waals surface area contributed by atoms with Gasteiger partial charge in [-0.3, -0.25) is 0 Å². The molecule has 1 aliphatic heterocycles. The zero-order chi connectivity index (χ0) is 19.4. The third kappa shape index (κ3) is 4.07. The number of rotatable bonds is 6. The van der Waals surface area contributed by atoms with Crippen LogP contribution in [-0.4, -0.2) is 46.0 Å². The van der Waals surface area contributed by atoms with Crippen LogP contribution in [0.1, 0.15) is 18.4 Å². The molecule has 2 fully saturated rings. The van der Waals surface area contributed by atoms with E-state index in [1.807, 2.05) is 36.4 Å². The third-order valence-corrected chi connectivity index (χ3v) is 5.65. The van der Waals surface area contributed by atoms with Gasteiger partial charge in [0.25, 0.3) is 0 Å². The molecule has 148 valence electrons. The highest BCUT2D eigenvalue weighted by atomic mass is 16.5. The third-order valence-electron chi connectivity index (χ3n) is 5.65. The number of carbonyl (C=O) groups is 1. The Morgan fingerprint density at radius 2 is 1.82 bits per heavy atom. The maximum Gasteiger partial charge on any atom is 0.319 e. The molecule has 28 heavy (non-hydrogen) atoms. The second-order valence-electron chi connectivity index (χ2n) is 7.43. The van der Waals surface area contributed by atoms with Crippen LogP contribution in [0.4, 0.5) is 16.2 Å². The molecule has 0 radical (unpaired) electrons. The van der Waals surface area contributed by atoms with Gasteiger partial charge in [0.15, 0.2) is 0 Å². The van der Waals surface area contributed by atoms with Crippen LogP contribution in [0.25, 0.3) is 0 Å². The predicted octanol–water partition coefficient (Wildman–Crippen LogP) is 3.39. The second-order valence-corrected chi connectivity index (χ2v) is 7.43. The summed E-state index contributed by atoms with van der Waals surface area (Å²) in [5.74, 6) is 0.852. The van der Waals surface area contributed by atoms with Crippen LogP contribution in [0, 0.1) is 0 Å². The molecule has 1 saturated heterocycles. The van der Waals surface area contributed by atoms with E-state index in [0.717, 1.165) is 43.1 Å². The zero-order valence-electron chi connectivity index (χ0n) is 16.2. The fourth-order valence-electron chi connectivity index (χ4n) is 3.74. The Labute approximate surface area is 165 Å². The first kappa shape index (κ1) is 18.6. The van der Waals surface area contributed by atoms with E-state index in [0.29, 0.717) is 19.8 Å². The SMILES string of the molecule is COc1ccc(C2(CNC(=O)Nc3ccccc3N3CCOCC3)CC2)cc1. The second kappa shape index (κ2) is 8.10. The van der Waals surface area contributed by atoms with E-state index in [2.05, 4.69) is 27.7 Å². The van der Waals surface area contributed by atoms with Crippen LogP contribution >= 0.6 is 0 Å². The number of para-hydroxylation sites is 2. The Hall–Kier alpha value is -2.73. The van der Waals surface area contributed by atoms with Crippen molar-refractivity contribution in [3.05, 3.63) is 54.1 Å². The van der Waals surface area contributed by atoms with Gasteiger partial charge in [0.05, 0.1) is 31.7 Å². The van der Waals surface area contributed by atoms with Crippen LogP contribution in [-0.2, 0) is 10.2 Å². The van der Waals surface area contributed by atoms with Crippen LogP contribution in [0.5, 0.6) is 5.75 Å². The topological polar surface area (TPSA) is 62.8 Å². The molecular formula is C22H27N3O3. The molecule has 0 aromatic heterocycles. The van der Waals surface area contributed by atoms with Crippen molar-refractivity contribution in [1.82, 2.24) is 5.32 Å². The molecule has 6 nitrogen and oxygen atoms in total. The van der Waals surface area contributed by atoms with E-state index in [1.54, 1.807) is 7.11 Å². The van der Waals surface area contributed by atoms with Gasteiger partial charge in [-0.25, -0.2) is 4.79 Å². The van der Waals surface area contributed by atoms with Gasteiger partial charge in [0, 0.05) is 25.0 Å². The highest BCUT2D eigenvalue weighted by molar-refractivity contribution is 5.93. The molecule has 0 spiro atoms. The molecule has 1 saturated carbocycles. The summed E-state index contributed by atoms with van der Waals surface area (Å²) >= 11 is 0. The summed E-state index contributed by atoms with van der Waals surface area (Å²) in [6.45, 7) is 3.72. The Morgan fingerprint density at radius 3 is 2.50 bits per heavy atom. The number of nitrogens with zero attached hydrogens (tertiary/aromatic N) is 1. The first-order valence-corrected chi connectivity index (χ1v) is 9.81. The molecule has 4 rings (SSSR count). The molecule has 2 amide bonds.